The Morgan fingerprint density at radius 3 is 2.60 bits per heavy atom. The van der Waals surface area contributed by atoms with Gasteiger partial charge in [0.05, 0.1) is 6.54 Å². The number of imidazole rings is 1. The number of nitrogens with one attached hydrogen (secondary N) is 1. The van der Waals surface area contributed by atoms with E-state index in [-0.39, 0.29) is 12.2 Å². The smallest absolute Gasteiger partial charge is 0.322 e. The van der Waals surface area contributed by atoms with E-state index in [2.05, 4.69) is 10.3 Å². The van der Waals surface area contributed by atoms with Crippen LogP contribution in [-0.4, -0.2) is 42.8 Å². The number of fused-ring (bicyclic) bond motifs is 1. The topological polar surface area (TPSA) is 126 Å². The van der Waals surface area contributed by atoms with Crippen molar-refractivity contribution in [3.05, 3.63) is 64.2 Å². The summed E-state index contributed by atoms with van der Waals surface area (Å²) in [6.07, 6.45) is 2.87. The summed E-state index contributed by atoms with van der Waals surface area (Å²) in [4.78, 5) is 39.5. The average molecular weight is 342 g/mol. The first-order valence-electron chi connectivity index (χ1n) is 7.32. The van der Waals surface area contributed by atoms with E-state index in [1.165, 1.54) is 21.6 Å². The highest BCUT2D eigenvalue weighted by atomic mass is 16.4. The second kappa shape index (κ2) is 6.48. The summed E-state index contributed by atoms with van der Waals surface area (Å²) < 4.78 is 2.59. The number of carboxylic acids is 1. The third-order valence-electron chi connectivity index (χ3n) is 3.58. The van der Waals surface area contributed by atoms with E-state index in [1.807, 2.05) is 30.3 Å². The molecule has 3 aromatic rings. The zero-order valence-electron chi connectivity index (χ0n) is 12.9. The minimum Gasteiger partial charge on any atom is -0.504 e. The number of rotatable bonds is 5. The predicted molar refractivity (Wildman–Crippen MR) is 86.6 cm³/mol. The zero-order valence-corrected chi connectivity index (χ0v) is 12.9. The van der Waals surface area contributed by atoms with Gasteiger partial charge in [-0.2, -0.15) is 0 Å². The molecule has 1 amide bonds. The van der Waals surface area contributed by atoms with Gasteiger partial charge in [0.2, 0.25) is 0 Å². The van der Waals surface area contributed by atoms with E-state index in [0.29, 0.717) is 0 Å². The molecule has 0 fully saturated rings. The Labute approximate surface area is 140 Å². The monoisotopic (exact) mass is 342 g/mol. The Bertz CT molecular complexity index is 1010. The number of hydrogen-bond donors (Lipinski definition) is 3. The van der Waals surface area contributed by atoms with Crippen molar-refractivity contribution in [3.8, 4) is 5.75 Å². The number of carbonyl (C=O) groups excluding carboxylic acids is 1. The van der Waals surface area contributed by atoms with Crippen molar-refractivity contribution < 1.29 is 19.8 Å². The molecule has 0 unspecified atom stereocenters. The second-order valence-electron chi connectivity index (χ2n) is 5.24. The lowest BCUT2D eigenvalue weighted by Crippen LogP contribution is -2.37. The first-order valence-corrected chi connectivity index (χ1v) is 7.32. The molecule has 0 spiro atoms. The van der Waals surface area contributed by atoms with Crippen molar-refractivity contribution in [1.82, 2.24) is 19.5 Å². The van der Waals surface area contributed by atoms with Crippen LogP contribution < -0.4 is 10.9 Å². The average Bonchev–Trinajstić information content (AvgIpc) is 3.08. The fourth-order valence-electron chi connectivity index (χ4n) is 2.45. The van der Waals surface area contributed by atoms with Crippen LogP contribution in [0.3, 0.4) is 0 Å². The Morgan fingerprint density at radius 1 is 1.20 bits per heavy atom. The summed E-state index contributed by atoms with van der Waals surface area (Å²) in [6.45, 7) is -0.526. The van der Waals surface area contributed by atoms with Gasteiger partial charge in [-0.1, -0.05) is 30.3 Å². The maximum atomic E-state index is 12.7. The number of nitrogens with zero attached hydrogens (tertiary/aromatic N) is 3. The largest absolute Gasteiger partial charge is 0.504 e. The van der Waals surface area contributed by atoms with E-state index in [9.17, 15) is 19.5 Å². The maximum Gasteiger partial charge on any atom is 0.322 e. The number of carboxylic acid groups (broad SMARTS) is 1. The molecule has 3 N–H and O–H groups in total. The molecule has 2 aromatic heterocycles. The molecule has 25 heavy (non-hydrogen) atoms. The first-order chi connectivity index (χ1) is 12.0. The molecule has 9 nitrogen and oxygen atoms in total. The minimum atomic E-state index is -1.26. The molecular weight excluding hydrogens is 328 g/mol. The number of aliphatic carboxylic acids is 1. The molecule has 9 heteroatoms. The van der Waals surface area contributed by atoms with Crippen molar-refractivity contribution >= 4 is 17.5 Å². The Kier molecular flexibility index (Phi) is 4.21. The Hall–Kier alpha value is -3.62. The number of aromatic hydroxyl groups is 1. The van der Waals surface area contributed by atoms with Crippen molar-refractivity contribution in [1.29, 1.82) is 0 Å². The zero-order chi connectivity index (χ0) is 18.0. The van der Waals surface area contributed by atoms with Crippen LogP contribution in [0.1, 0.15) is 15.9 Å². The van der Waals surface area contributed by atoms with E-state index >= 15 is 0 Å². The van der Waals surface area contributed by atoms with Gasteiger partial charge in [-0.15, -0.1) is 0 Å². The molecule has 0 aliphatic heterocycles. The van der Waals surface area contributed by atoms with Crippen LogP contribution in [0, 0.1) is 0 Å². The van der Waals surface area contributed by atoms with E-state index in [4.69, 9.17) is 5.11 Å². The number of amides is 1. The quantitative estimate of drug-likeness (QED) is 0.602. The van der Waals surface area contributed by atoms with E-state index in [1.54, 1.807) is 0 Å². The van der Waals surface area contributed by atoms with Crippen molar-refractivity contribution in [2.45, 2.75) is 6.54 Å². The molecule has 1 aromatic carbocycles. The fraction of sp³-hybridized carbons (Fsp3) is 0.125. The molecule has 2 heterocycles. The van der Waals surface area contributed by atoms with Crippen LogP contribution in [0.15, 0.2) is 47.5 Å². The summed E-state index contributed by atoms with van der Waals surface area (Å²) in [6, 6.07) is 9.08. The van der Waals surface area contributed by atoms with Gasteiger partial charge >= 0.3 is 5.97 Å². The van der Waals surface area contributed by atoms with Crippen LogP contribution in [0.25, 0.3) is 5.65 Å². The van der Waals surface area contributed by atoms with Gasteiger partial charge in [0.25, 0.3) is 11.5 Å². The minimum absolute atomic E-state index is 0.0241. The van der Waals surface area contributed by atoms with Crippen LogP contribution >= 0.6 is 0 Å². The number of benzene rings is 1. The highest BCUT2D eigenvalue weighted by Gasteiger charge is 2.23. The molecule has 0 aliphatic rings. The van der Waals surface area contributed by atoms with Crippen molar-refractivity contribution in [3.63, 3.8) is 0 Å². The van der Waals surface area contributed by atoms with Gasteiger partial charge in [0.15, 0.2) is 17.0 Å². The summed E-state index contributed by atoms with van der Waals surface area (Å²) in [7, 11) is 0. The van der Waals surface area contributed by atoms with Gasteiger partial charge in [0.1, 0.15) is 6.54 Å². The molecule has 0 atom stereocenters. The Balaban J connectivity index is 2.13. The normalized spacial score (nSPS) is 10.7. The summed E-state index contributed by atoms with van der Waals surface area (Å²) >= 11 is 0. The molecule has 0 saturated carbocycles. The third-order valence-corrected chi connectivity index (χ3v) is 3.58. The van der Waals surface area contributed by atoms with Crippen LogP contribution in [-0.2, 0) is 11.3 Å². The maximum absolute atomic E-state index is 12.7. The van der Waals surface area contributed by atoms with Crippen LogP contribution in [0.5, 0.6) is 5.75 Å². The summed E-state index contributed by atoms with van der Waals surface area (Å²) in [5.41, 5.74) is -0.469. The predicted octanol–water partition coefficient (Wildman–Crippen LogP) is 0.0643. The van der Waals surface area contributed by atoms with E-state index in [0.717, 1.165) is 5.56 Å². The van der Waals surface area contributed by atoms with Gasteiger partial charge < -0.3 is 15.5 Å². The molecule has 0 radical (unpaired) electrons. The van der Waals surface area contributed by atoms with Gasteiger partial charge in [-0.25, -0.2) is 14.2 Å². The SMILES string of the molecule is O=C(O)CNC(=O)c1c(O)c2nccn2n(Cc2ccccc2)c1=O. The third kappa shape index (κ3) is 3.07. The molecule has 3 rings (SSSR count). The lowest BCUT2D eigenvalue weighted by molar-refractivity contribution is -0.135. The molecule has 128 valence electrons. The standard InChI is InChI=1S/C16H14N4O5/c21-11(22)8-18-15(24)12-13(23)14-17-6-7-19(14)20(16(12)25)9-10-4-2-1-3-5-10/h1-7,23H,8-9H2,(H,18,24)(H,21,22). The first kappa shape index (κ1) is 16.2. The Morgan fingerprint density at radius 2 is 1.92 bits per heavy atom. The van der Waals surface area contributed by atoms with Gasteiger partial charge in [-0.3, -0.25) is 14.4 Å². The summed E-state index contributed by atoms with van der Waals surface area (Å²) in [5.74, 6) is -2.83. The molecule has 0 saturated heterocycles. The summed E-state index contributed by atoms with van der Waals surface area (Å²) in [5, 5.41) is 21.0. The lowest BCUT2D eigenvalue weighted by atomic mass is 10.2. The van der Waals surface area contributed by atoms with Gasteiger partial charge in [-0.05, 0) is 5.56 Å². The van der Waals surface area contributed by atoms with Crippen molar-refractivity contribution in [2.75, 3.05) is 6.54 Å². The highest BCUT2D eigenvalue weighted by molar-refractivity contribution is 5.99. The molecule has 0 aliphatic carbocycles. The van der Waals surface area contributed by atoms with Crippen molar-refractivity contribution in [2.24, 2.45) is 0 Å². The molecule has 0 bridgehead atoms. The number of hydrogen-bond acceptors (Lipinski definition) is 5. The van der Waals surface area contributed by atoms with Crippen LogP contribution in [0.2, 0.25) is 0 Å². The van der Waals surface area contributed by atoms with E-state index < -0.39 is 35.3 Å². The highest BCUT2D eigenvalue weighted by Crippen LogP contribution is 2.19. The molecular formula is C16H14N4O5. The number of carbonyl (C=O) groups is 2. The number of aromatic nitrogens is 3. The lowest BCUT2D eigenvalue weighted by Gasteiger charge is -2.13. The fourth-order valence-corrected chi connectivity index (χ4v) is 2.45. The van der Waals surface area contributed by atoms with Gasteiger partial charge in [0, 0.05) is 12.4 Å². The second-order valence-corrected chi connectivity index (χ2v) is 5.24. The van der Waals surface area contributed by atoms with Crippen LogP contribution in [0.4, 0.5) is 0 Å².